The maximum absolute atomic E-state index is 11.9. The first-order valence-electron chi connectivity index (χ1n) is 6.17. The molecule has 1 aromatic heterocycles. The molecule has 0 amide bonds. The highest BCUT2D eigenvalue weighted by atomic mass is 16.6. The Morgan fingerprint density at radius 3 is 2.60 bits per heavy atom. The molecule has 0 aliphatic carbocycles. The van der Waals surface area contributed by atoms with Crippen molar-refractivity contribution in [3.8, 4) is 0 Å². The Morgan fingerprint density at radius 2 is 2.05 bits per heavy atom. The van der Waals surface area contributed by atoms with Gasteiger partial charge in [0.25, 0.3) is 0 Å². The largest absolute Gasteiger partial charge is 0.383 e. The van der Waals surface area contributed by atoms with Gasteiger partial charge < -0.3 is 24.7 Å². The van der Waals surface area contributed by atoms with Crippen LogP contribution in [-0.4, -0.2) is 55.8 Å². The van der Waals surface area contributed by atoms with E-state index in [0.717, 1.165) is 0 Å². The van der Waals surface area contributed by atoms with Crippen molar-refractivity contribution in [3.05, 3.63) is 22.7 Å². The van der Waals surface area contributed by atoms with E-state index in [4.69, 9.17) is 24.7 Å². The van der Waals surface area contributed by atoms with E-state index in [0.29, 0.717) is 6.61 Å². The van der Waals surface area contributed by atoms with Gasteiger partial charge in [-0.1, -0.05) is 0 Å². The van der Waals surface area contributed by atoms with Crippen LogP contribution in [0.1, 0.15) is 6.23 Å². The molecule has 0 bridgehead atoms. The topological polar surface area (TPSA) is 97.8 Å². The zero-order valence-electron chi connectivity index (χ0n) is 11.7. The van der Waals surface area contributed by atoms with Crippen LogP contribution in [-0.2, 0) is 18.9 Å². The van der Waals surface area contributed by atoms with Crippen LogP contribution in [0.4, 0.5) is 5.82 Å². The van der Waals surface area contributed by atoms with Crippen molar-refractivity contribution in [2.45, 2.75) is 24.5 Å². The fourth-order valence-corrected chi connectivity index (χ4v) is 2.39. The van der Waals surface area contributed by atoms with Crippen molar-refractivity contribution in [1.29, 1.82) is 0 Å². The average Bonchev–Trinajstić information content (AvgIpc) is 2.76. The van der Waals surface area contributed by atoms with Gasteiger partial charge in [-0.3, -0.25) is 4.57 Å². The van der Waals surface area contributed by atoms with Gasteiger partial charge in [-0.2, -0.15) is 4.98 Å². The highest BCUT2D eigenvalue weighted by Gasteiger charge is 2.46. The SMILES string of the molecule is COC[C@H]1O[C@@H](n2ccc(N)nc2=O)[C@@H](OC)C1OC. The molecule has 8 heteroatoms. The van der Waals surface area contributed by atoms with Crippen LogP contribution in [0, 0.1) is 0 Å². The van der Waals surface area contributed by atoms with Crippen LogP contribution in [0.25, 0.3) is 0 Å². The van der Waals surface area contributed by atoms with Crippen LogP contribution in [0.2, 0.25) is 0 Å². The molecule has 112 valence electrons. The van der Waals surface area contributed by atoms with Gasteiger partial charge in [0.05, 0.1) is 6.61 Å². The van der Waals surface area contributed by atoms with Gasteiger partial charge in [-0.15, -0.1) is 0 Å². The van der Waals surface area contributed by atoms with Gasteiger partial charge in [0.2, 0.25) is 0 Å². The molecule has 2 N–H and O–H groups in total. The molecule has 20 heavy (non-hydrogen) atoms. The first-order valence-corrected chi connectivity index (χ1v) is 6.17. The molecule has 8 nitrogen and oxygen atoms in total. The molecule has 0 aromatic carbocycles. The maximum Gasteiger partial charge on any atom is 0.351 e. The molecule has 1 unspecified atom stereocenters. The van der Waals surface area contributed by atoms with Crippen LogP contribution in [0.3, 0.4) is 0 Å². The van der Waals surface area contributed by atoms with E-state index in [1.165, 1.54) is 23.9 Å². The van der Waals surface area contributed by atoms with Crippen molar-refractivity contribution in [1.82, 2.24) is 9.55 Å². The van der Waals surface area contributed by atoms with Crippen molar-refractivity contribution in [2.75, 3.05) is 33.7 Å². The molecule has 1 aromatic rings. The summed E-state index contributed by atoms with van der Waals surface area (Å²) in [5, 5.41) is 0. The third kappa shape index (κ3) is 2.68. The second-order valence-corrected chi connectivity index (χ2v) is 4.46. The van der Waals surface area contributed by atoms with Crippen molar-refractivity contribution < 1.29 is 18.9 Å². The predicted molar refractivity (Wildman–Crippen MR) is 70.3 cm³/mol. The third-order valence-corrected chi connectivity index (χ3v) is 3.29. The maximum atomic E-state index is 11.9. The Balaban J connectivity index is 2.32. The normalized spacial score (nSPS) is 29.8. The number of rotatable bonds is 5. The van der Waals surface area contributed by atoms with Gasteiger partial charge in [0.1, 0.15) is 24.1 Å². The lowest BCUT2D eigenvalue weighted by Gasteiger charge is -2.22. The molecule has 1 aliphatic rings. The van der Waals surface area contributed by atoms with E-state index >= 15 is 0 Å². The summed E-state index contributed by atoms with van der Waals surface area (Å²) >= 11 is 0. The molecule has 1 saturated heterocycles. The number of hydrogen-bond acceptors (Lipinski definition) is 7. The Labute approximate surface area is 116 Å². The van der Waals surface area contributed by atoms with E-state index in [9.17, 15) is 4.79 Å². The minimum Gasteiger partial charge on any atom is -0.383 e. The standard InChI is InChI=1S/C12H19N3O5/c1-17-6-7-9(18-2)10(19-3)11(20-7)15-5-4-8(13)14-12(15)16/h4-5,7,9-11H,6H2,1-3H3,(H2,13,14,16)/t7-,9?,10+,11-/m1/s1. The van der Waals surface area contributed by atoms with Crippen LogP contribution >= 0.6 is 0 Å². The number of aromatic nitrogens is 2. The fraction of sp³-hybridized carbons (Fsp3) is 0.667. The number of nitrogens with zero attached hydrogens (tertiary/aromatic N) is 2. The molecular weight excluding hydrogens is 266 g/mol. The molecular formula is C12H19N3O5. The summed E-state index contributed by atoms with van der Waals surface area (Å²) in [7, 11) is 4.68. The smallest absolute Gasteiger partial charge is 0.351 e. The lowest BCUT2D eigenvalue weighted by atomic mass is 10.1. The fourth-order valence-electron chi connectivity index (χ4n) is 2.39. The molecule has 1 fully saturated rings. The van der Waals surface area contributed by atoms with Crippen LogP contribution in [0.15, 0.2) is 17.1 Å². The molecule has 0 radical (unpaired) electrons. The summed E-state index contributed by atoms with van der Waals surface area (Å²) in [4.78, 5) is 15.6. The Bertz CT molecular complexity index is 506. The van der Waals surface area contributed by atoms with Gasteiger partial charge >= 0.3 is 5.69 Å². The van der Waals surface area contributed by atoms with Crippen molar-refractivity contribution in [2.24, 2.45) is 0 Å². The number of nitrogen functional groups attached to an aromatic ring is 1. The summed E-state index contributed by atoms with van der Waals surface area (Å²) < 4.78 is 23.1. The minimum absolute atomic E-state index is 0.162. The Morgan fingerprint density at radius 1 is 1.35 bits per heavy atom. The van der Waals surface area contributed by atoms with E-state index in [-0.39, 0.29) is 18.0 Å². The quantitative estimate of drug-likeness (QED) is 0.771. The second-order valence-electron chi connectivity index (χ2n) is 4.46. The van der Waals surface area contributed by atoms with Crippen molar-refractivity contribution >= 4 is 5.82 Å². The molecule has 2 rings (SSSR count). The Hall–Kier alpha value is -1.48. The lowest BCUT2D eigenvalue weighted by molar-refractivity contribution is -0.0672. The number of ether oxygens (including phenoxy) is 4. The first-order chi connectivity index (χ1) is 9.62. The highest BCUT2D eigenvalue weighted by Crippen LogP contribution is 2.32. The Kier molecular flexibility index (Phi) is 4.71. The number of methoxy groups -OCH3 is 3. The van der Waals surface area contributed by atoms with Gasteiger partial charge in [-0.25, -0.2) is 4.79 Å². The summed E-state index contributed by atoms with van der Waals surface area (Å²) in [6.45, 7) is 0.339. The van der Waals surface area contributed by atoms with E-state index in [1.807, 2.05) is 0 Å². The predicted octanol–water partition coefficient (Wildman–Crippen LogP) is -0.601. The van der Waals surface area contributed by atoms with Gasteiger partial charge in [0, 0.05) is 27.5 Å². The minimum atomic E-state index is -0.634. The van der Waals surface area contributed by atoms with E-state index in [1.54, 1.807) is 14.2 Å². The van der Waals surface area contributed by atoms with Gasteiger partial charge in [-0.05, 0) is 6.07 Å². The molecule has 0 spiro atoms. The molecule has 4 atom stereocenters. The lowest BCUT2D eigenvalue weighted by Crippen LogP contribution is -2.38. The molecule has 1 aliphatic heterocycles. The van der Waals surface area contributed by atoms with Crippen molar-refractivity contribution in [3.63, 3.8) is 0 Å². The first kappa shape index (κ1) is 14.9. The number of nitrogens with two attached hydrogens (primary N) is 1. The summed E-state index contributed by atoms with van der Waals surface area (Å²) in [6.07, 6.45) is -0.212. The average molecular weight is 285 g/mol. The molecule has 2 heterocycles. The summed E-state index contributed by atoms with van der Waals surface area (Å²) in [5.41, 5.74) is 4.99. The summed E-state index contributed by atoms with van der Waals surface area (Å²) in [6, 6.07) is 1.53. The monoisotopic (exact) mass is 285 g/mol. The number of anilines is 1. The van der Waals surface area contributed by atoms with Crippen LogP contribution < -0.4 is 11.4 Å². The van der Waals surface area contributed by atoms with Crippen LogP contribution in [0.5, 0.6) is 0 Å². The summed E-state index contributed by atoms with van der Waals surface area (Å²) in [5.74, 6) is 0.162. The molecule has 0 saturated carbocycles. The number of hydrogen-bond donors (Lipinski definition) is 1. The highest BCUT2D eigenvalue weighted by molar-refractivity contribution is 5.23. The zero-order chi connectivity index (χ0) is 14.7. The third-order valence-electron chi connectivity index (χ3n) is 3.29. The van der Waals surface area contributed by atoms with Gasteiger partial charge in [0.15, 0.2) is 6.23 Å². The second kappa shape index (κ2) is 6.31. The van der Waals surface area contributed by atoms with E-state index in [2.05, 4.69) is 4.98 Å². The zero-order valence-corrected chi connectivity index (χ0v) is 11.7. The van der Waals surface area contributed by atoms with E-state index < -0.39 is 18.0 Å².